The second-order valence-corrected chi connectivity index (χ2v) is 9.63. The van der Waals surface area contributed by atoms with E-state index >= 15 is 0 Å². The number of hydrogen-bond donors (Lipinski definition) is 2. The van der Waals surface area contributed by atoms with Gasteiger partial charge >= 0.3 is 6.03 Å². The van der Waals surface area contributed by atoms with Gasteiger partial charge in [0.15, 0.2) is 0 Å². The minimum absolute atomic E-state index is 0.0121. The number of nitrogens with one attached hydrogen (secondary N) is 2. The summed E-state index contributed by atoms with van der Waals surface area (Å²) in [5.74, 6) is 0.898. The van der Waals surface area contributed by atoms with Crippen molar-refractivity contribution in [2.24, 2.45) is 0 Å². The summed E-state index contributed by atoms with van der Waals surface area (Å²) >= 11 is 0. The van der Waals surface area contributed by atoms with E-state index in [0.29, 0.717) is 32.7 Å². The number of nitrogens with zero attached hydrogens (tertiary/aromatic N) is 3. The average Bonchev–Trinajstić information content (AvgIpc) is 3.20. The van der Waals surface area contributed by atoms with E-state index < -0.39 is 10.0 Å². The zero-order chi connectivity index (χ0) is 21.7. The van der Waals surface area contributed by atoms with E-state index in [1.165, 1.54) is 4.31 Å². The first-order chi connectivity index (χ1) is 15.0. The van der Waals surface area contributed by atoms with Crippen molar-refractivity contribution >= 4 is 27.1 Å². The molecule has 2 N–H and O–H groups in total. The molecule has 1 aliphatic rings. The Morgan fingerprint density at radius 3 is 2.45 bits per heavy atom. The third-order valence-corrected chi connectivity index (χ3v) is 7.27. The zero-order valence-electron chi connectivity index (χ0n) is 17.3. The van der Waals surface area contributed by atoms with Crippen molar-refractivity contribution in [2.45, 2.75) is 18.6 Å². The van der Waals surface area contributed by atoms with Crippen LogP contribution in [0.15, 0.2) is 54.6 Å². The van der Waals surface area contributed by atoms with Crippen molar-refractivity contribution in [3.05, 3.63) is 66.0 Å². The van der Waals surface area contributed by atoms with Crippen LogP contribution in [0.25, 0.3) is 11.0 Å². The molecule has 164 valence electrons. The van der Waals surface area contributed by atoms with Crippen molar-refractivity contribution < 1.29 is 13.2 Å². The molecule has 1 fully saturated rings. The predicted octanol–water partition coefficient (Wildman–Crippen LogP) is 2.35. The summed E-state index contributed by atoms with van der Waals surface area (Å²) in [6, 6.07) is 16.9. The summed E-state index contributed by atoms with van der Waals surface area (Å²) in [5.41, 5.74) is 2.73. The maximum absolute atomic E-state index is 12.6. The Morgan fingerprint density at radius 1 is 1.00 bits per heavy atom. The minimum Gasteiger partial charge on any atom is -0.342 e. The van der Waals surface area contributed by atoms with E-state index in [1.54, 1.807) is 4.90 Å². The van der Waals surface area contributed by atoms with Crippen LogP contribution < -0.4 is 5.32 Å². The molecule has 9 heteroatoms. The SMILES string of the molecule is O=C(NCCCc1nc2ccccc2[nH]1)N1CCN(S(=O)(=O)Cc2ccccc2)CC1. The smallest absolute Gasteiger partial charge is 0.317 e. The van der Waals surface area contributed by atoms with Crippen LogP contribution in [0.1, 0.15) is 17.8 Å². The summed E-state index contributed by atoms with van der Waals surface area (Å²) in [7, 11) is -3.38. The van der Waals surface area contributed by atoms with Crippen molar-refractivity contribution in [2.75, 3.05) is 32.7 Å². The number of urea groups is 1. The van der Waals surface area contributed by atoms with Crippen LogP contribution in [0, 0.1) is 0 Å². The number of carbonyl (C=O) groups is 1. The van der Waals surface area contributed by atoms with Gasteiger partial charge in [-0.15, -0.1) is 0 Å². The van der Waals surface area contributed by atoms with Gasteiger partial charge < -0.3 is 15.2 Å². The van der Waals surface area contributed by atoms with Gasteiger partial charge in [0.1, 0.15) is 5.82 Å². The molecule has 2 amide bonds. The molecule has 3 aromatic rings. The van der Waals surface area contributed by atoms with Crippen LogP contribution in [0.5, 0.6) is 0 Å². The molecular formula is C22H27N5O3S. The van der Waals surface area contributed by atoms with Gasteiger partial charge in [-0.25, -0.2) is 18.2 Å². The molecule has 0 radical (unpaired) electrons. The van der Waals surface area contributed by atoms with Gasteiger partial charge in [0, 0.05) is 39.1 Å². The molecule has 0 spiro atoms. The highest BCUT2D eigenvalue weighted by molar-refractivity contribution is 7.88. The highest BCUT2D eigenvalue weighted by Gasteiger charge is 2.28. The number of amides is 2. The zero-order valence-corrected chi connectivity index (χ0v) is 18.1. The number of para-hydroxylation sites is 2. The Balaban J connectivity index is 1.19. The molecule has 0 aliphatic carbocycles. The lowest BCUT2D eigenvalue weighted by Gasteiger charge is -2.34. The van der Waals surface area contributed by atoms with E-state index in [2.05, 4.69) is 15.3 Å². The number of aromatic amines is 1. The van der Waals surface area contributed by atoms with Crippen molar-refractivity contribution in [1.82, 2.24) is 24.5 Å². The van der Waals surface area contributed by atoms with Gasteiger partial charge in [-0.3, -0.25) is 0 Å². The first-order valence-electron chi connectivity index (χ1n) is 10.5. The number of fused-ring (bicyclic) bond motifs is 1. The van der Waals surface area contributed by atoms with Gasteiger partial charge in [0.25, 0.3) is 0 Å². The number of aromatic nitrogens is 2. The number of hydrogen-bond acceptors (Lipinski definition) is 4. The summed E-state index contributed by atoms with van der Waals surface area (Å²) in [4.78, 5) is 21.9. The monoisotopic (exact) mass is 441 g/mol. The number of sulfonamides is 1. The number of imidazole rings is 1. The molecule has 2 heterocycles. The molecule has 0 unspecified atom stereocenters. The third kappa shape index (κ3) is 5.42. The van der Waals surface area contributed by atoms with Crippen LogP contribution in [-0.4, -0.2) is 66.3 Å². The Bertz CT molecular complexity index is 1090. The molecule has 1 saturated heterocycles. The maximum Gasteiger partial charge on any atom is 0.317 e. The van der Waals surface area contributed by atoms with Gasteiger partial charge in [0.05, 0.1) is 16.8 Å². The van der Waals surface area contributed by atoms with Crippen LogP contribution in [0.4, 0.5) is 4.79 Å². The number of aryl methyl sites for hydroxylation is 1. The fourth-order valence-electron chi connectivity index (χ4n) is 3.73. The highest BCUT2D eigenvalue weighted by atomic mass is 32.2. The lowest BCUT2D eigenvalue weighted by molar-refractivity contribution is 0.172. The van der Waals surface area contributed by atoms with Crippen LogP contribution >= 0.6 is 0 Å². The average molecular weight is 442 g/mol. The van der Waals surface area contributed by atoms with E-state index in [9.17, 15) is 13.2 Å². The lowest BCUT2D eigenvalue weighted by Crippen LogP contribution is -2.53. The predicted molar refractivity (Wildman–Crippen MR) is 120 cm³/mol. The highest BCUT2D eigenvalue weighted by Crippen LogP contribution is 2.14. The van der Waals surface area contributed by atoms with Gasteiger partial charge in [-0.1, -0.05) is 42.5 Å². The quantitative estimate of drug-likeness (QED) is 0.550. The van der Waals surface area contributed by atoms with E-state index in [4.69, 9.17) is 0 Å². The number of rotatable bonds is 7. The molecular weight excluding hydrogens is 414 g/mol. The summed E-state index contributed by atoms with van der Waals surface area (Å²) in [6.07, 6.45) is 1.53. The Labute approximate surface area is 182 Å². The van der Waals surface area contributed by atoms with Crippen molar-refractivity contribution in [3.8, 4) is 0 Å². The van der Waals surface area contributed by atoms with Crippen molar-refractivity contribution in [1.29, 1.82) is 0 Å². The van der Waals surface area contributed by atoms with Crippen LogP contribution in [-0.2, 0) is 22.2 Å². The second-order valence-electron chi connectivity index (χ2n) is 7.66. The number of piperazine rings is 1. The minimum atomic E-state index is -3.38. The first-order valence-corrected chi connectivity index (χ1v) is 12.1. The van der Waals surface area contributed by atoms with E-state index in [1.807, 2.05) is 54.6 Å². The molecule has 1 aromatic heterocycles. The van der Waals surface area contributed by atoms with Crippen LogP contribution in [0.3, 0.4) is 0 Å². The summed E-state index contributed by atoms with van der Waals surface area (Å²) < 4.78 is 26.8. The van der Waals surface area contributed by atoms with Gasteiger partial charge in [-0.05, 0) is 24.1 Å². The molecule has 4 rings (SSSR count). The van der Waals surface area contributed by atoms with Crippen molar-refractivity contribution in [3.63, 3.8) is 0 Å². The van der Waals surface area contributed by atoms with E-state index in [-0.39, 0.29) is 11.8 Å². The molecule has 0 bridgehead atoms. The Morgan fingerprint density at radius 2 is 1.71 bits per heavy atom. The number of H-pyrrole nitrogens is 1. The van der Waals surface area contributed by atoms with Gasteiger partial charge in [-0.2, -0.15) is 4.31 Å². The molecule has 8 nitrogen and oxygen atoms in total. The number of carbonyl (C=O) groups excluding carboxylic acids is 1. The molecule has 2 aromatic carbocycles. The number of benzene rings is 2. The fraction of sp³-hybridized carbons (Fsp3) is 0.364. The topological polar surface area (TPSA) is 98.4 Å². The van der Waals surface area contributed by atoms with E-state index in [0.717, 1.165) is 35.3 Å². The standard InChI is InChI=1S/C22H27N5O3S/c28-22(23-12-6-11-21-24-19-9-4-5-10-20(19)25-21)26-13-15-27(16-14-26)31(29,30)17-18-7-2-1-3-8-18/h1-5,7-10H,6,11-17H2,(H,23,28)(H,24,25). The first kappa shape index (κ1) is 21.3. The normalized spacial score (nSPS) is 15.3. The molecule has 0 saturated carbocycles. The maximum atomic E-state index is 12.6. The van der Waals surface area contributed by atoms with Crippen LogP contribution in [0.2, 0.25) is 0 Å². The molecule has 31 heavy (non-hydrogen) atoms. The third-order valence-electron chi connectivity index (χ3n) is 5.42. The lowest BCUT2D eigenvalue weighted by atomic mass is 10.2. The fourth-order valence-corrected chi connectivity index (χ4v) is 5.25. The molecule has 1 aliphatic heterocycles. The summed E-state index contributed by atoms with van der Waals surface area (Å²) in [5, 5.41) is 2.93. The van der Waals surface area contributed by atoms with Gasteiger partial charge in [0.2, 0.25) is 10.0 Å². The second kappa shape index (κ2) is 9.49. The summed E-state index contributed by atoms with van der Waals surface area (Å²) in [6.45, 7) is 1.97. The Kier molecular flexibility index (Phi) is 6.53. The largest absolute Gasteiger partial charge is 0.342 e. The molecule has 0 atom stereocenters. The Hall–Kier alpha value is -2.91.